The summed E-state index contributed by atoms with van der Waals surface area (Å²) in [6.07, 6.45) is 0. The first-order chi connectivity index (χ1) is 30.4. The van der Waals surface area contributed by atoms with Crippen LogP contribution in [0, 0.1) is 0 Å². The Morgan fingerprint density at radius 3 is 1.16 bits per heavy atom. The predicted molar refractivity (Wildman–Crippen MR) is 262 cm³/mol. The number of para-hydroxylation sites is 2. The molecule has 0 amide bonds. The zero-order chi connectivity index (χ0) is 41.1. The van der Waals surface area contributed by atoms with Gasteiger partial charge in [0.05, 0.1) is 0 Å². The highest BCUT2D eigenvalue weighted by Gasteiger charge is 2.44. The van der Waals surface area contributed by atoms with E-state index < -0.39 is 0 Å². The fourth-order valence-electron chi connectivity index (χ4n) is 11.9. The van der Waals surface area contributed by atoms with Crippen molar-refractivity contribution < 1.29 is 9.47 Å². The highest BCUT2D eigenvalue weighted by atomic mass is 16.5. The van der Waals surface area contributed by atoms with E-state index >= 15 is 0 Å². The third-order valence-electron chi connectivity index (χ3n) is 14.7. The Morgan fingerprint density at radius 1 is 0.339 bits per heavy atom. The molecule has 4 heteroatoms. The van der Waals surface area contributed by atoms with Crippen molar-refractivity contribution in [3.8, 4) is 67.5 Å². The number of ether oxygens (including phenoxy) is 2. The van der Waals surface area contributed by atoms with E-state index in [0.29, 0.717) is 11.8 Å². The molecule has 10 aromatic rings. The van der Waals surface area contributed by atoms with Crippen LogP contribution in [0.5, 0.6) is 23.0 Å². The summed E-state index contributed by atoms with van der Waals surface area (Å²) in [4.78, 5) is 0. The van der Waals surface area contributed by atoms with Gasteiger partial charge < -0.3 is 9.47 Å². The second kappa shape index (κ2) is 12.3. The minimum Gasteiger partial charge on any atom is -0.458 e. The van der Waals surface area contributed by atoms with Crippen molar-refractivity contribution in [1.29, 1.82) is 0 Å². The minimum atomic E-state index is 0.0165. The molecule has 0 radical (unpaired) electrons. The number of hydrogen-bond donors (Lipinski definition) is 0. The molecule has 0 atom stereocenters. The number of hydrogen-bond acceptors (Lipinski definition) is 2. The Balaban J connectivity index is 1.25. The van der Waals surface area contributed by atoms with Crippen molar-refractivity contribution >= 4 is 78.5 Å². The summed E-state index contributed by atoms with van der Waals surface area (Å²) in [5, 5.41) is 8.06. The summed E-state index contributed by atoms with van der Waals surface area (Å²) < 4.78 is 13.9. The summed E-state index contributed by atoms with van der Waals surface area (Å²) in [6.45, 7) is 9.22. The maximum atomic E-state index is 6.94. The predicted octanol–water partition coefficient (Wildman–Crippen LogP) is 11.4. The molecule has 2 nitrogen and oxygen atoms in total. The number of fused-ring (bicyclic) bond motifs is 8. The minimum absolute atomic E-state index is 0.0165. The lowest BCUT2D eigenvalue weighted by molar-refractivity contribution is 0.486. The maximum absolute atomic E-state index is 6.94. The van der Waals surface area contributed by atoms with Crippen LogP contribution >= 0.6 is 0 Å². The van der Waals surface area contributed by atoms with Gasteiger partial charge in [-0.1, -0.05) is 160 Å². The van der Waals surface area contributed by atoms with Crippen LogP contribution in [0.3, 0.4) is 0 Å². The molecule has 62 heavy (non-hydrogen) atoms. The highest BCUT2D eigenvalue weighted by molar-refractivity contribution is 7.01. The molecule has 0 saturated heterocycles. The van der Waals surface area contributed by atoms with Gasteiger partial charge in [0, 0.05) is 0 Å². The van der Waals surface area contributed by atoms with Crippen LogP contribution in [0.4, 0.5) is 0 Å². The van der Waals surface area contributed by atoms with Crippen LogP contribution in [0.2, 0.25) is 0 Å². The van der Waals surface area contributed by atoms with E-state index in [9.17, 15) is 0 Å². The third-order valence-corrected chi connectivity index (χ3v) is 14.7. The van der Waals surface area contributed by atoms with Crippen LogP contribution < -0.4 is 42.3 Å². The molecule has 0 unspecified atom stereocenters. The molecule has 0 bridgehead atoms. The molecule has 4 aliphatic heterocycles. The molecular formula is C58H40B2O2. The molecule has 0 spiro atoms. The number of rotatable bonds is 4. The molecule has 0 fully saturated rings. The van der Waals surface area contributed by atoms with Crippen LogP contribution in [-0.4, -0.2) is 13.4 Å². The van der Waals surface area contributed by atoms with Gasteiger partial charge in [-0.15, -0.1) is 0 Å². The van der Waals surface area contributed by atoms with E-state index in [1.165, 1.54) is 121 Å². The van der Waals surface area contributed by atoms with Gasteiger partial charge in [-0.3, -0.25) is 0 Å². The molecule has 4 heterocycles. The topological polar surface area (TPSA) is 18.5 Å². The summed E-state index contributed by atoms with van der Waals surface area (Å²) in [5.41, 5.74) is 20.5. The van der Waals surface area contributed by atoms with Crippen molar-refractivity contribution in [3.05, 3.63) is 169 Å². The third kappa shape index (κ3) is 4.47. The van der Waals surface area contributed by atoms with Gasteiger partial charge >= 0.3 is 0 Å². The lowest BCUT2D eigenvalue weighted by atomic mass is 9.31. The second-order valence-electron chi connectivity index (χ2n) is 18.6. The average molecular weight is 791 g/mol. The lowest BCUT2D eigenvalue weighted by Crippen LogP contribution is -2.58. The van der Waals surface area contributed by atoms with Crippen LogP contribution in [0.1, 0.15) is 50.7 Å². The molecular weight excluding hydrogens is 750 g/mol. The van der Waals surface area contributed by atoms with Gasteiger partial charge in [0.25, 0.3) is 13.4 Å². The molecule has 0 N–H and O–H groups in total. The Labute approximate surface area is 362 Å². The van der Waals surface area contributed by atoms with Gasteiger partial charge in [0.2, 0.25) is 0 Å². The van der Waals surface area contributed by atoms with E-state index in [1.54, 1.807) is 0 Å². The Morgan fingerprint density at radius 2 is 0.742 bits per heavy atom. The zero-order valence-electron chi connectivity index (χ0n) is 35.1. The number of benzene rings is 10. The summed E-state index contributed by atoms with van der Waals surface area (Å²) >= 11 is 0. The average Bonchev–Trinajstić information content (AvgIpc) is 3.31. The van der Waals surface area contributed by atoms with E-state index in [2.05, 4.69) is 185 Å². The SMILES string of the molecule is CC(C)c1cc2c3c(c1)-c1cc(-c4ccccc4)c4cc5c6c(cc(-c7ccccc7)c7cc(c1c4c76)B3c1ccccc1O2)-c1cc(C(C)C)cc2c1B5c1ccccc1O2. The molecule has 4 aliphatic rings. The van der Waals surface area contributed by atoms with Gasteiger partial charge in [-0.05, 0) is 158 Å². The smallest absolute Gasteiger partial charge is 0.252 e. The van der Waals surface area contributed by atoms with Crippen molar-refractivity contribution in [2.24, 2.45) is 0 Å². The standard InChI is InChI=1S/C58H40B2O2/c1-31(2)35-23-43-39-27-37(33-15-7-5-8-16-33)41-30-48-54-40(44-24-36(32(3)4)26-52-58(44)60(48)46-20-12-14-22-50(46)62-52)28-38(34-17-9-6-10-18-34)42-29-47(53(39)55(41)56(42)54)59-45-19-11-13-21-49(45)61-51(25-35)57(43)59/h5-32H,1-4H3. The Kier molecular flexibility index (Phi) is 6.87. The van der Waals surface area contributed by atoms with Gasteiger partial charge in [-0.2, -0.15) is 0 Å². The normalized spacial score (nSPS) is 13.6. The van der Waals surface area contributed by atoms with Crippen molar-refractivity contribution in [1.82, 2.24) is 0 Å². The summed E-state index contributed by atoms with van der Waals surface area (Å²) in [7, 11) is 0. The van der Waals surface area contributed by atoms with Crippen molar-refractivity contribution in [2.75, 3.05) is 0 Å². The molecule has 14 rings (SSSR count). The summed E-state index contributed by atoms with van der Waals surface area (Å²) in [5.74, 6) is 4.53. The Bertz CT molecular complexity index is 3350. The first-order valence-electron chi connectivity index (χ1n) is 22.3. The molecule has 0 saturated carbocycles. The van der Waals surface area contributed by atoms with E-state index in [1.807, 2.05) is 0 Å². The maximum Gasteiger partial charge on any atom is 0.252 e. The van der Waals surface area contributed by atoms with Gasteiger partial charge in [0.1, 0.15) is 23.0 Å². The Hall–Kier alpha value is -7.03. The highest BCUT2D eigenvalue weighted by Crippen LogP contribution is 2.51. The fraction of sp³-hybridized carbons (Fsp3) is 0.103. The monoisotopic (exact) mass is 790 g/mol. The van der Waals surface area contributed by atoms with Crippen LogP contribution in [-0.2, 0) is 0 Å². The van der Waals surface area contributed by atoms with Crippen molar-refractivity contribution in [2.45, 2.75) is 39.5 Å². The fourth-order valence-corrected chi connectivity index (χ4v) is 11.9. The zero-order valence-corrected chi connectivity index (χ0v) is 35.1. The largest absolute Gasteiger partial charge is 0.458 e. The first kappa shape index (κ1) is 34.7. The molecule has 10 aromatic carbocycles. The molecule has 0 aromatic heterocycles. The van der Waals surface area contributed by atoms with Crippen molar-refractivity contribution in [3.63, 3.8) is 0 Å². The van der Waals surface area contributed by atoms with Crippen LogP contribution in [0.25, 0.3) is 76.8 Å². The van der Waals surface area contributed by atoms with E-state index in [0.717, 1.165) is 23.0 Å². The van der Waals surface area contributed by atoms with Crippen LogP contribution in [0.15, 0.2) is 158 Å². The quantitative estimate of drug-likeness (QED) is 0.131. The van der Waals surface area contributed by atoms with E-state index in [4.69, 9.17) is 9.47 Å². The van der Waals surface area contributed by atoms with Gasteiger partial charge in [0.15, 0.2) is 0 Å². The summed E-state index contributed by atoms with van der Waals surface area (Å²) in [6, 6.07) is 59.5. The molecule has 290 valence electrons. The van der Waals surface area contributed by atoms with Gasteiger partial charge in [-0.25, -0.2) is 0 Å². The molecule has 0 aliphatic carbocycles. The van der Waals surface area contributed by atoms with E-state index in [-0.39, 0.29) is 13.4 Å². The first-order valence-corrected chi connectivity index (χ1v) is 22.3. The second-order valence-corrected chi connectivity index (χ2v) is 18.6. The lowest BCUT2D eigenvalue weighted by Gasteiger charge is -2.38.